The van der Waals surface area contributed by atoms with E-state index in [2.05, 4.69) is 40.5 Å². The summed E-state index contributed by atoms with van der Waals surface area (Å²) in [5.41, 5.74) is 4.17. The molecule has 0 saturated carbocycles. The first-order valence-corrected chi connectivity index (χ1v) is 9.31. The normalized spacial score (nSPS) is 10.9. The predicted octanol–water partition coefficient (Wildman–Crippen LogP) is 5.65. The minimum atomic E-state index is -0.125. The van der Waals surface area contributed by atoms with E-state index in [1.54, 1.807) is 11.3 Å². The van der Waals surface area contributed by atoms with Gasteiger partial charge in [0.15, 0.2) is 5.78 Å². The summed E-state index contributed by atoms with van der Waals surface area (Å²) >= 11 is 1.71. The van der Waals surface area contributed by atoms with Crippen molar-refractivity contribution in [1.29, 1.82) is 0 Å². The molecular formula is C22H19IrN2O2S-. The summed E-state index contributed by atoms with van der Waals surface area (Å²) < 4.78 is 1.19. The Labute approximate surface area is 181 Å². The number of aryl methyl sites for hydroxylation is 1. The molecule has 3 heterocycles. The Balaban J connectivity index is 0.000000306. The number of rotatable bonds is 2. The number of carbonyl (C=O) groups is 1. The molecule has 0 unspecified atom stereocenters. The number of hydrogen-bond acceptors (Lipinski definition) is 5. The average Bonchev–Trinajstić information content (AvgIpc) is 3.09. The summed E-state index contributed by atoms with van der Waals surface area (Å²) in [5.74, 6) is -0.0625. The van der Waals surface area contributed by atoms with Crippen LogP contribution in [0.1, 0.15) is 19.4 Å². The number of pyridine rings is 2. The molecule has 1 N–H and O–H groups in total. The van der Waals surface area contributed by atoms with E-state index in [-0.39, 0.29) is 31.6 Å². The van der Waals surface area contributed by atoms with Crippen LogP contribution in [-0.4, -0.2) is 20.9 Å². The SMILES string of the molecule is CC(=O)/C=C(/C)O.Cc1cnc2c(c1)c(-c1ccccn1)[c-]c1ccsc12.[Ir]. The molecule has 28 heavy (non-hydrogen) atoms. The van der Waals surface area contributed by atoms with Crippen molar-refractivity contribution in [3.05, 3.63) is 71.6 Å². The van der Waals surface area contributed by atoms with Crippen molar-refractivity contribution in [1.82, 2.24) is 9.97 Å². The van der Waals surface area contributed by atoms with E-state index in [4.69, 9.17) is 5.11 Å². The molecule has 4 rings (SSSR count). The number of benzene rings is 1. The van der Waals surface area contributed by atoms with E-state index >= 15 is 0 Å². The van der Waals surface area contributed by atoms with Gasteiger partial charge in [-0.3, -0.25) is 14.8 Å². The minimum Gasteiger partial charge on any atom is -0.512 e. The van der Waals surface area contributed by atoms with Crippen LogP contribution in [-0.2, 0) is 24.9 Å². The van der Waals surface area contributed by atoms with Gasteiger partial charge in [0.2, 0.25) is 0 Å². The number of carbonyl (C=O) groups excluding carboxylic acids is 1. The molecule has 0 aliphatic rings. The van der Waals surface area contributed by atoms with E-state index in [9.17, 15) is 4.79 Å². The first kappa shape index (κ1) is 21.9. The number of aliphatic hydroxyl groups excluding tert-OH is 1. The van der Waals surface area contributed by atoms with Gasteiger partial charge in [-0.25, -0.2) is 0 Å². The summed E-state index contributed by atoms with van der Waals surface area (Å²) in [6.45, 7) is 4.91. The third kappa shape index (κ3) is 5.10. The zero-order chi connectivity index (χ0) is 19.4. The summed E-state index contributed by atoms with van der Waals surface area (Å²) in [5, 5.41) is 12.7. The Hall–Kier alpha value is -2.40. The van der Waals surface area contributed by atoms with E-state index < -0.39 is 0 Å². The van der Waals surface area contributed by atoms with Gasteiger partial charge in [0, 0.05) is 49.8 Å². The second-order valence-corrected chi connectivity index (χ2v) is 7.10. The van der Waals surface area contributed by atoms with Crippen LogP contribution in [0.25, 0.3) is 32.2 Å². The summed E-state index contributed by atoms with van der Waals surface area (Å²) in [7, 11) is 0. The fraction of sp³-hybridized carbons (Fsp3) is 0.136. The number of nitrogens with zero attached hydrogens (tertiary/aromatic N) is 2. The number of hydrogen-bond donors (Lipinski definition) is 1. The quantitative estimate of drug-likeness (QED) is 0.193. The van der Waals surface area contributed by atoms with Crippen LogP contribution in [0.5, 0.6) is 0 Å². The molecule has 0 atom stereocenters. The van der Waals surface area contributed by atoms with Gasteiger partial charge in [0.05, 0.1) is 5.76 Å². The van der Waals surface area contributed by atoms with E-state index in [1.165, 1.54) is 24.6 Å². The molecule has 6 heteroatoms. The molecule has 1 aromatic carbocycles. The average molecular weight is 568 g/mol. The number of aromatic nitrogens is 2. The standard InChI is InChI=1S/C17H11N2S.C5H8O2.Ir/c1-11-8-14-13(15-4-2-3-6-18-15)9-12-5-7-20-17(12)16(14)19-10-11;1-4(6)3-5(2)7;/h2-8,10H,1H3;3,6H,1-2H3;/q-1;;/b;4-3-;. The molecule has 0 aliphatic heterocycles. The van der Waals surface area contributed by atoms with Crippen molar-refractivity contribution in [2.45, 2.75) is 20.8 Å². The Kier molecular flexibility index (Phi) is 7.58. The minimum absolute atomic E-state index is 0. The molecule has 1 radical (unpaired) electrons. The maximum atomic E-state index is 10.0. The summed E-state index contributed by atoms with van der Waals surface area (Å²) in [6, 6.07) is 13.7. The van der Waals surface area contributed by atoms with Crippen LogP contribution in [0, 0.1) is 13.0 Å². The largest absolute Gasteiger partial charge is 0.512 e. The zero-order valence-corrected chi connectivity index (χ0v) is 18.9. The molecule has 145 valence electrons. The molecular weight excluding hydrogens is 549 g/mol. The fourth-order valence-corrected chi connectivity index (χ4v) is 3.60. The molecule has 0 saturated heterocycles. The molecule has 0 bridgehead atoms. The smallest absolute Gasteiger partial charge is 0.155 e. The fourth-order valence-electron chi connectivity index (χ4n) is 2.74. The van der Waals surface area contributed by atoms with E-state index in [1.807, 2.05) is 30.6 Å². The number of fused-ring (bicyclic) bond motifs is 3. The number of allylic oxidation sites excluding steroid dienone is 2. The van der Waals surface area contributed by atoms with E-state index in [0.29, 0.717) is 0 Å². The van der Waals surface area contributed by atoms with E-state index in [0.717, 1.165) is 33.1 Å². The Morgan fingerprint density at radius 2 is 2.00 bits per heavy atom. The second kappa shape index (κ2) is 9.69. The van der Waals surface area contributed by atoms with Gasteiger partial charge in [0.25, 0.3) is 0 Å². The van der Waals surface area contributed by atoms with Crippen molar-refractivity contribution in [2.75, 3.05) is 0 Å². The molecule has 0 aliphatic carbocycles. The molecule has 4 nitrogen and oxygen atoms in total. The van der Waals surface area contributed by atoms with Crippen LogP contribution in [0.15, 0.2) is 59.9 Å². The van der Waals surface area contributed by atoms with Crippen molar-refractivity contribution in [3.63, 3.8) is 0 Å². The molecule has 3 aromatic heterocycles. The third-order valence-corrected chi connectivity index (χ3v) is 4.69. The Morgan fingerprint density at radius 1 is 1.21 bits per heavy atom. The monoisotopic (exact) mass is 568 g/mol. The molecule has 4 aromatic rings. The second-order valence-electron chi connectivity index (χ2n) is 6.18. The summed E-state index contributed by atoms with van der Waals surface area (Å²) in [6.07, 6.45) is 4.90. The van der Waals surface area contributed by atoms with Gasteiger partial charge in [-0.1, -0.05) is 29.1 Å². The van der Waals surface area contributed by atoms with Crippen molar-refractivity contribution in [2.24, 2.45) is 0 Å². The van der Waals surface area contributed by atoms with Gasteiger partial charge in [-0.15, -0.1) is 17.5 Å². The maximum absolute atomic E-state index is 10.0. The Bertz CT molecular complexity index is 1130. The maximum Gasteiger partial charge on any atom is 0.155 e. The van der Waals surface area contributed by atoms with Gasteiger partial charge >= 0.3 is 0 Å². The topological polar surface area (TPSA) is 63.1 Å². The number of ketones is 1. The number of thiophene rings is 1. The first-order chi connectivity index (χ1) is 13.0. The third-order valence-electron chi connectivity index (χ3n) is 3.77. The first-order valence-electron chi connectivity index (χ1n) is 8.44. The zero-order valence-electron chi connectivity index (χ0n) is 15.7. The van der Waals surface area contributed by atoms with Crippen molar-refractivity contribution < 1.29 is 30.0 Å². The molecule has 0 amide bonds. The molecule has 0 fully saturated rings. The van der Waals surface area contributed by atoms with Crippen LogP contribution in [0.2, 0.25) is 0 Å². The van der Waals surface area contributed by atoms with Crippen LogP contribution in [0.4, 0.5) is 0 Å². The van der Waals surface area contributed by atoms with Crippen molar-refractivity contribution in [3.8, 4) is 11.3 Å². The van der Waals surface area contributed by atoms with Gasteiger partial charge in [-0.05, 0) is 42.5 Å². The number of aliphatic hydroxyl groups is 1. The van der Waals surface area contributed by atoms with Gasteiger partial charge in [0.1, 0.15) is 0 Å². The Morgan fingerprint density at radius 3 is 2.61 bits per heavy atom. The van der Waals surface area contributed by atoms with Crippen LogP contribution in [0.3, 0.4) is 0 Å². The van der Waals surface area contributed by atoms with Crippen molar-refractivity contribution >= 4 is 38.1 Å². The van der Waals surface area contributed by atoms with Gasteiger partial charge < -0.3 is 5.11 Å². The predicted molar refractivity (Wildman–Crippen MR) is 111 cm³/mol. The van der Waals surface area contributed by atoms with Gasteiger partial charge in [-0.2, -0.15) is 11.3 Å². The molecule has 0 spiro atoms. The van der Waals surface area contributed by atoms with Crippen LogP contribution >= 0.6 is 11.3 Å². The summed E-state index contributed by atoms with van der Waals surface area (Å²) in [4.78, 5) is 19.1. The van der Waals surface area contributed by atoms with Crippen LogP contribution < -0.4 is 0 Å².